The van der Waals surface area contributed by atoms with Crippen LogP contribution in [0.5, 0.6) is 0 Å². The van der Waals surface area contributed by atoms with E-state index < -0.39 is 16.1 Å². The highest BCUT2D eigenvalue weighted by atomic mass is 32.2. The van der Waals surface area contributed by atoms with Crippen LogP contribution >= 0.6 is 0 Å². The van der Waals surface area contributed by atoms with Crippen LogP contribution in [-0.2, 0) is 21.4 Å². The number of aromatic amines is 1. The minimum Gasteiger partial charge on any atom is -0.351 e. The molecule has 0 radical (unpaired) electrons. The number of nitrogens with one attached hydrogen (secondary N) is 2. The van der Waals surface area contributed by atoms with Gasteiger partial charge in [0.1, 0.15) is 6.04 Å². The molecule has 0 bridgehead atoms. The van der Waals surface area contributed by atoms with Crippen LogP contribution < -0.4 is 5.32 Å². The Labute approximate surface area is 134 Å². The van der Waals surface area contributed by atoms with Crippen molar-refractivity contribution in [1.29, 1.82) is 0 Å². The summed E-state index contributed by atoms with van der Waals surface area (Å²) in [6.45, 7) is 0.721. The fraction of sp³-hybridized carbons (Fsp3) is 0.333. The lowest BCUT2D eigenvalue weighted by atomic mass is 10.2. The molecule has 122 valence electrons. The van der Waals surface area contributed by atoms with Gasteiger partial charge in [-0.25, -0.2) is 13.4 Å². The first-order valence-corrected chi connectivity index (χ1v) is 8.85. The van der Waals surface area contributed by atoms with Gasteiger partial charge in [-0.05, 0) is 18.4 Å². The molecule has 1 unspecified atom stereocenters. The first-order chi connectivity index (χ1) is 11.1. The molecule has 1 aromatic heterocycles. The lowest BCUT2D eigenvalue weighted by Gasteiger charge is -2.22. The Balaban J connectivity index is 1.70. The van der Waals surface area contributed by atoms with E-state index in [0.717, 1.165) is 5.56 Å². The summed E-state index contributed by atoms with van der Waals surface area (Å²) >= 11 is 0. The summed E-state index contributed by atoms with van der Waals surface area (Å²) < 4.78 is 26.4. The van der Waals surface area contributed by atoms with Gasteiger partial charge in [0.15, 0.2) is 5.03 Å². The molecular weight excluding hydrogens is 316 g/mol. The van der Waals surface area contributed by atoms with Crippen LogP contribution in [0.2, 0.25) is 0 Å². The lowest BCUT2D eigenvalue weighted by Crippen LogP contribution is -2.45. The zero-order valence-electron chi connectivity index (χ0n) is 12.5. The molecular formula is C15H18N4O3S. The predicted octanol–water partition coefficient (Wildman–Crippen LogP) is 0.879. The number of carbonyl (C=O) groups excluding carboxylic acids is 1. The summed E-state index contributed by atoms with van der Waals surface area (Å²) in [6, 6.07) is 8.84. The van der Waals surface area contributed by atoms with Crippen LogP contribution in [0.25, 0.3) is 0 Å². The average Bonchev–Trinajstić information content (AvgIpc) is 3.25. The Hall–Kier alpha value is -2.19. The van der Waals surface area contributed by atoms with Gasteiger partial charge < -0.3 is 10.3 Å². The van der Waals surface area contributed by atoms with Gasteiger partial charge in [0.05, 0.1) is 12.5 Å². The van der Waals surface area contributed by atoms with Crippen molar-refractivity contribution < 1.29 is 13.2 Å². The molecule has 2 N–H and O–H groups in total. The highest BCUT2D eigenvalue weighted by Crippen LogP contribution is 2.25. The topological polar surface area (TPSA) is 95.2 Å². The lowest BCUT2D eigenvalue weighted by molar-refractivity contribution is -0.124. The number of amides is 1. The van der Waals surface area contributed by atoms with Crippen LogP contribution in [0.3, 0.4) is 0 Å². The van der Waals surface area contributed by atoms with Crippen molar-refractivity contribution in [1.82, 2.24) is 19.6 Å². The van der Waals surface area contributed by atoms with Gasteiger partial charge in [-0.3, -0.25) is 4.79 Å². The number of aromatic nitrogens is 2. The van der Waals surface area contributed by atoms with Gasteiger partial charge in [0, 0.05) is 13.1 Å². The summed E-state index contributed by atoms with van der Waals surface area (Å²) in [5, 5.41) is 2.83. The maximum atomic E-state index is 12.6. The number of H-pyrrole nitrogens is 1. The molecule has 23 heavy (non-hydrogen) atoms. The normalized spacial score (nSPS) is 18.9. The second kappa shape index (κ2) is 6.51. The number of nitrogens with zero attached hydrogens (tertiary/aromatic N) is 2. The number of imidazole rings is 1. The van der Waals surface area contributed by atoms with Crippen molar-refractivity contribution in [2.45, 2.75) is 30.5 Å². The van der Waals surface area contributed by atoms with Crippen molar-refractivity contribution in [3.8, 4) is 0 Å². The van der Waals surface area contributed by atoms with Crippen LogP contribution in [0.1, 0.15) is 18.4 Å². The average molecular weight is 334 g/mol. The molecule has 0 aliphatic carbocycles. The molecule has 1 aliphatic heterocycles. The fourth-order valence-electron chi connectivity index (χ4n) is 2.70. The van der Waals surface area contributed by atoms with Crippen molar-refractivity contribution in [3.63, 3.8) is 0 Å². The van der Waals surface area contributed by atoms with Crippen molar-refractivity contribution >= 4 is 15.9 Å². The smallest absolute Gasteiger partial charge is 0.260 e. The third-order valence-corrected chi connectivity index (χ3v) is 5.71. The van der Waals surface area contributed by atoms with Crippen molar-refractivity contribution in [3.05, 3.63) is 48.4 Å². The molecule has 1 saturated heterocycles. The Morgan fingerprint density at radius 3 is 2.83 bits per heavy atom. The van der Waals surface area contributed by atoms with Gasteiger partial charge in [-0.15, -0.1) is 0 Å². The van der Waals surface area contributed by atoms with Gasteiger partial charge in [0.25, 0.3) is 10.0 Å². The van der Waals surface area contributed by atoms with Crippen LogP contribution in [0.15, 0.2) is 47.9 Å². The molecule has 1 aliphatic rings. The van der Waals surface area contributed by atoms with E-state index >= 15 is 0 Å². The molecule has 0 spiro atoms. The Morgan fingerprint density at radius 1 is 1.35 bits per heavy atom. The molecule has 1 aromatic carbocycles. The summed E-state index contributed by atoms with van der Waals surface area (Å²) in [7, 11) is -3.72. The third kappa shape index (κ3) is 3.27. The van der Waals surface area contributed by atoms with Gasteiger partial charge >= 0.3 is 0 Å². The molecule has 2 aromatic rings. The van der Waals surface area contributed by atoms with Crippen molar-refractivity contribution in [2.75, 3.05) is 6.54 Å². The quantitative estimate of drug-likeness (QED) is 0.848. The summed E-state index contributed by atoms with van der Waals surface area (Å²) in [5.74, 6) is -0.269. The fourth-order valence-corrected chi connectivity index (χ4v) is 4.26. The maximum Gasteiger partial charge on any atom is 0.260 e. The Kier molecular flexibility index (Phi) is 4.44. The summed E-state index contributed by atoms with van der Waals surface area (Å²) in [5.41, 5.74) is 0.974. The van der Waals surface area contributed by atoms with Gasteiger partial charge in [-0.1, -0.05) is 30.3 Å². The van der Waals surface area contributed by atoms with E-state index in [0.29, 0.717) is 25.9 Å². The number of benzene rings is 1. The summed E-state index contributed by atoms with van der Waals surface area (Å²) in [6.07, 6.45) is 3.75. The highest BCUT2D eigenvalue weighted by Gasteiger charge is 2.39. The highest BCUT2D eigenvalue weighted by molar-refractivity contribution is 7.89. The number of rotatable bonds is 5. The number of carbonyl (C=O) groups is 1. The summed E-state index contributed by atoms with van der Waals surface area (Å²) in [4.78, 5) is 18.7. The minimum absolute atomic E-state index is 0.0141. The first-order valence-electron chi connectivity index (χ1n) is 7.41. The van der Waals surface area contributed by atoms with Crippen LogP contribution in [0.4, 0.5) is 0 Å². The molecule has 8 heteroatoms. The molecule has 2 heterocycles. The van der Waals surface area contributed by atoms with E-state index in [9.17, 15) is 13.2 Å². The zero-order chi connectivity index (χ0) is 16.3. The van der Waals surface area contributed by atoms with E-state index in [-0.39, 0.29) is 10.9 Å². The first kappa shape index (κ1) is 15.7. The molecule has 1 atom stereocenters. The second-order valence-corrected chi connectivity index (χ2v) is 7.25. The van der Waals surface area contributed by atoms with E-state index in [1.54, 1.807) is 0 Å². The zero-order valence-corrected chi connectivity index (χ0v) is 13.3. The standard InChI is InChI=1S/C15H18N4O3S/c20-15(17-9-12-5-2-1-3-6-12)13-7-4-8-19(13)23(21,22)14-10-16-11-18-14/h1-3,5-6,10-11,13H,4,7-9H2,(H,16,18)(H,17,20). The minimum atomic E-state index is -3.72. The third-order valence-electron chi connectivity index (χ3n) is 3.88. The molecule has 1 fully saturated rings. The monoisotopic (exact) mass is 334 g/mol. The van der Waals surface area contributed by atoms with Gasteiger partial charge in [0.2, 0.25) is 5.91 Å². The molecule has 7 nitrogen and oxygen atoms in total. The van der Waals surface area contributed by atoms with Crippen LogP contribution in [-0.4, -0.2) is 41.2 Å². The van der Waals surface area contributed by atoms with E-state index in [4.69, 9.17) is 0 Å². The Bertz CT molecular complexity index is 759. The van der Waals surface area contributed by atoms with E-state index in [1.807, 2.05) is 30.3 Å². The van der Waals surface area contributed by atoms with E-state index in [2.05, 4.69) is 15.3 Å². The predicted molar refractivity (Wildman–Crippen MR) is 83.8 cm³/mol. The second-order valence-electron chi connectivity index (χ2n) is 5.39. The molecule has 3 rings (SSSR count). The van der Waals surface area contributed by atoms with E-state index in [1.165, 1.54) is 16.8 Å². The Morgan fingerprint density at radius 2 is 2.13 bits per heavy atom. The van der Waals surface area contributed by atoms with Crippen LogP contribution in [0, 0.1) is 0 Å². The van der Waals surface area contributed by atoms with Crippen molar-refractivity contribution in [2.24, 2.45) is 0 Å². The number of hydrogen-bond acceptors (Lipinski definition) is 4. The number of sulfonamides is 1. The SMILES string of the molecule is O=C(NCc1ccccc1)C1CCCN1S(=O)(=O)c1cnc[nH]1. The maximum absolute atomic E-state index is 12.6. The number of hydrogen-bond donors (Lipinski definition) is 2. The molecule has 0 saturated carbocycles. The molecule has 1 amide bonds. The van der Waals surface area contributed by atoms with Gasteiger partial charge in [-0.2, -0.15) is 4.31 Å². The largest absolute Gasteiger partial charge is 0.351 e.